The van der Waals surface area contributed by atoms with Crippen molar-refractivity contribution < 1.29 is 0 Å². The first-order valence-electron chi connectivity index (χ1n) is 4.85. The molecule has 0 atom stereocenters. The van der Waals surface area contributed by atoms with Crippen molar-refractivity contribution in [1.82, 2.24) is 19.9 Å². The lowest BCUT2D eigenvalue weighted by atomic mass is 10.3. The van der Waals surface area contributed by atoms with Crippen molar-refractivity contribution in [3.05, 3.63) is 11.4 Å². The van der Waals surface area contributed by atoms with Crippen LogP contribution in [-0.4, -0.2) is 25.9 Å². The molecule has 2 rings (SSSR count). The number of guanidine groups is 1. The molecule has 0 saturated carbocycles. The predicted octanol–water partition coefficient (Wildman–Crippen LogP) is -0.476. The van der Waals surface area contributed by atoms with Gasteiger partial charge in [0, 0.05) is 0 Å². The summed E-state index contributed by atoms with van der Waals surface area (Å²) in [5.74, 6) is 0.155. The molecular weight excluding hydrogens is 220 g/mol. The van der Waals surface area contributed by atoms with Crippen molar-refractivity contribution in [3.63, 3.8) is 0 Å². The van der Waals surface area contributed by atoms with Gasteiger partial charge in [-0.3, -0.25) is 0 Å². The van der Waals surface area contributed by atoms with Gasteiger partial charge < -0.3 is 17.2 Å². The van der Waals surface area contributed by atoms with E-state index in [1.165, 1.54) is 0 Å². The molecule has 0 saturated heterocycles. The highest BCUT2D eigenvalue weighted by Crippen LogP contribution is 2.21. The van der Waals surface area contributed by atoms with Crippen LogP contribution in [0.3, 0.4) is 0 Å². The Bertz CT molecular complexity index is 614. The SMILES string of the molecule is Cc1nc2nc(N)nc(N=C(N)N)c2nc1C. The average Bonchev–Trinajstić information content (AvgIpc) is 2.20. The number of rotatable bonds is 1. The molecule has 17 heavy (non-hydrogen) atoms. The summed E-state index contributed by atoms with van der Waals surface area (Å²) in [6.45, 7) is 3.66. The second kappa shape index (κ2) is 3.81. The van der Waals surface area contributed by atoms with Crippen LogP contribution in [-0.2, 0) is 0 Å². The molecule has 0 aliphatic heterocycles. The normalized spacial score (nSPS) is 10.5. The minimum atomic E-state index is -0.121. The van der Waals surface area contributed by atoms with Crippen LogP contribution in [0.5, 0.6) is 0 Å². The van der Waals surface area contributed by atoms with Gasteiger partial charge in [-0.1, -0.05) is 0 Å². The molecule has 2 aromatic rings. The Morgan fingerprint density at radius 1 is 1.00 bits per heavy atom. The van der Waals surface area contributed by atoms with Gasteiger partial charge in [-0.25, -0.2) is 9.97 Å². The maximum Gasteiger partial charge on any atom is 0.224 e. The maximum absolute atomic E-state index is 5.55. The number of hydrogen-bond donors (Lipinski definition) is 3. The van der Waals surface area contributed by atoms with Crippen molar-refractivity contribution >= 4 is 28.9 Å². The minimum Gasteiger partial charge on any atom is -0.370 e. The number of fused-ring (bicyclic) bond motifs is 1. The highest BCUT2D eigenvalue weighted by atomic mass is 15.1. The summed E-state index contributed by atoms with van der Waals surface area (Å²) in [7, 11) is 0. The fraction of sp³-hybridized carbons (Fsp3) is 0.222. The second-order valence-corrected chi connectivity index (χ2v) is 3.51. The molecule has 0 aliphatic rings. The first-order chi connectivity index (χ1) is 7.97. The zero-order chi connectivity index (χ0) is 12.6. The van der Waals surface area contributed by atoms with Crippen molar-refractivity contribution in [2.45, 2.75) is 13.8 Å². The number of aromatic nitrogens is 4. The van der Waals surface area contributed by atoms with E-state index in [0.29, 0.717) is 11.2 Å². The van der Waals surface area contributed by atoms with Gasteiger partial charge in [0.15, 0.2) is 22.9 Å². The number of nitrogen functional groups attached to an aromatic ring is 1. The smallest absolute Gasteiger partial charge is 0.224 e. The van der Waals surface area contributed by atoms with E-state index in [-0.39, 0.29) is 17.7 Å². The highest BCUT2D eigenvalue weighted by Gasteiger charge is 2.10. The number of aryl methyl sites for hydroxylation is 2. The fourth-order valence-corrected chi connectivity index (χ4v) is 1.31. The summed E-state index contributed by atoms with van der Waals surface area (Å²) >= 11 is 0. The molecule has 2 heterocycles. The molecule has 0 aromatic carbocycles. The van der Waals surface area contributed by atoms with Gasteiger partial charge >= 0.3 is 0 Å². The van der Waals surface area contributed by atoms with E-state index in [1.54, 1.807) is 0 Å². The van der Waals surface area contributed by atoms with E-state index < -0.39 is 0 Å². The molecule has 8 nitrogen and oxygen atoms in total. The lowest BCUT2D eigenvalue weighted by Crippen LogP contribution is -2.22. The van der Waals surface area contributed by atoms with E-state index in [4.69, 9.17) is 17.2 Å². The summed E-state index contributed by atoms with van der Waals surface area (Å²) in [6, 6.07) is 0. The summed E-state index contributed by atoms with van der Waals surface area (Å²) in [4.78, 5) is 20.3. The number of nitrogens with zero attached hydrogens (tertiary/aromatic N) is 5. The molecule has 8 heteroatoms. The molecular formula is C9H12N8. The van der Waals surface area contributed by atoms with Gasteiger partial charge in [0.1, 0.15) is 0 Å². The topological polar surface area (TPSA) is 142 Å². The molecule has 0 fully saturated rings. The Balaban J connectivity index is 2.83. The number of hydrogen-bond acceptors (Lipinski definition) is 6. The maximum atomic E-state index is 5.55. The average molecular weight is 232 g/mol. The van der Waals surface area contributed by atoms with E-state index in [1.807, 2.05) is 13.8 Å². The van der Waals surface area contributed by atoms with Crippen LogP contribution in [0.2, 0.25) is 0 Å². The number of aliphatic imine (C=N–C) groups is 1. The molecule has 0 bridgehead atoms. The van der Waals surface area contributed by atoms with E-state index in [2.05, 4.69) is 24.9 Å². The predicted molar refractivity (Wildman–Crippen MR) is 64.5 cm³/mol. The van der Waals surface area contributed by atoms with Gasteiger partial charge in [0.25, 0.3) is 0 Å². The van der Waals surface area contributed by atoms with Gasteiger partial charge in [0.2, 0.25) is 5.95 Å². The largest absolute Gasteiger partial charge is 0.370 e. The van der Waals surface area contributed by atoms with Gasteiger partial charge in [-0.2, -0.15) is 15.0 Å². The number of nitrogens with two attached hydrogens (primary N) is 3. The molecule has 0 radical (unpaired) electrons. The molecule has 0 aliphatic carbocycles. The van der Waals surface area contributed by atoms with Crippen molar-refractivity contribution in [2.75, 3.05) is 5.73 Å². The molecule has 0 unspecified atom stereocenters. The zero-order valence-electron chi connectivity index (χ0n) is 9.47. The van der Waals surface area contributed by atoms with Gasteiger partial charge in [-0.05, 0) is 13.8 Å². The van der Waals surface area contributed by atoms with Crippen LogP contribution in [0.15, 0.2) is 4.99 Å². The van der Waals surface area contributed by atoms with Crippen LogP contribution in [0, 0.1) is 13.8 Å². The van der Waals surface area contributed by atoms with Crippen LogP contribution in [0.1, 0.15) is 11.4 Å². The summed E-state index contributed by atoms with van der Waals surface area (Å²) in [5, 5.41) is 0. The van der Waals surface area contributed by atoms with E-state index in [9.17, 15) is 0 Å². The first-order valence-corrected chi connectivity index (χ1v) is 4.85. The van der Waals surface area contributed by atoms with Crippen molar-refractivity contribution in [3.8, 4) is 0 Å². The van der Waals surface area contributed by atoms with Crippen molar-refractivity contribution in [1.29, 1.82) is 0 Å². The van der Waals surface area contributed by atoms with Crippen LogP contribution in [0.4, 0.5) is 11.8 Å². The molecule has 88 valence electrons. The third kappa shape index (κ3) is 2.05. The lowest BCUT2D eigenvalue weighted by molar-refractivity contribution is 1.06. The minimum absolute atomic E-state index is 0.0510. The summed E-state index contributed by atoms with van der Waals surface area (Å²) < 4.78 is 0. The van der Waals surface area contributed by atoms with Gasteiger partial charge in [0.05, 0.1) is 11.4 Å². The highest BCUT2D eigenvalue weighted by molar-refractivity contribution is 5.87. The van der Waals surface area contributed by atoms with E-state index in [0.717, 1.165) is 11.4 Å². The molecule has 2 aromatic heterocycles. The molecule has 0 spiro atoms. The Labute approximate surface area is 97.0 Å². The zero-order valence-corrected chi connectivity index (χ0v) is 9.47. The first kappa shape index (κ1) is 11.0. The van der Waals surface area contributed by atoms with Crippen LogP contribution < -0.4 is 17.2 Å². The molecule has 6 N–H and O–H groups in total. The standard InChI is InChI=1S/C9H12N8/c1-3-4(2)14-6-5(13-3)7(15-8(10)11)17-9(12)16-6/h1-2H3,(H6,10,11,12,14,15,16,17). The molecule has 0 amide bonds. The monoisotopic (exact) mass is 232 g/mol. The van der Waals surface area contributed by atoms with Gasteiger partial charge in [-0.15, -0.1) is 0 Å². The summed E-state index contributed by atoms with van der Waals surface area (Å²) in [6.07, 6.45) is 0. The van der Waals surface area contributed by atoms with E-state index >= 15 is 0 Å². The van der Waals surface area contributed by atoms with Crippen LogP contribution >= 0.6 is 0 Å². The number of anilines is 1. The Hall–Kier alpha value is -2.51. The lowest BCUT2D eigenvalue weighted by Gasteiger charge is -2.04. The Morgan fingerprint density at radius 2 is 1.65 bits per heavy atom. The fourth-order valence-electron chi connectivity index (χ4n) is 1.31. The third-order valence-corrected chi connectivity index (χ3v) is 2.18. The Morgan fingerprint density at radius 3 is 2.29 bits per heavy atom. The summed E-state index contributed by atoms with van der Waals surface area (Å²) in [5.41, 5.74) is 18.5. The quantitative estimate of drug-likeness (QED) is 0.445. The van der Waals surface area contributed by atoms with Crippen LogP contribution in [0.25, 0.3) is 11.2 Å². The second-order valence-electron chi connectivity index (χ2n) is 3.51. The van der Waals surface area contributed by atoms with Crippen molar-refractivity contribution in [2.24, 2.45) is 16.5 Å². The Kier molecular flexibility index (Phi) is 2.47. The third-order valence-electron chi connectivity index (χ3n) is 2.18.